The van der Waals surface area contributed by atoms with Gasteiger partial charge in [0.2, 0.25) is 5.91 Å². The molecule has 154 valence electrons. The Morgan fingerprint density at radius 1 is 0.897 bits per heavy atom. The highest BCUT2D eigenvalue weighted by atomic mass is 16.2. The first-order valence-corrected chi connectivity index (χ1v) is 11.1. The normalized spacial score (nSPS) is 20.3. The standard InChI is InChI=1S/C22H30N6O/c29-22-5-3-13-27(22)19-8-6-18(7-9-19)26-14-10-17(11-15-26)23-16-21-25-24-20-4-1-2-12-28(20)21/h6-9,17,23H,1-5,10-16H2. The quantitative estimate of drug-likeness (QED) is 0.844. The van der Waals surface area contributed by atoms with Crippen molar-refractivity contribution in [2.24, 2.45) is 0 Å². The number of hydrogen-bond acceptors (Lipinski definition) is 5. The molecule has 0 spiro atoms. The zero-order chi connectivity index (χ0) is 19.6. The number of aryl methyl sites for hydroxylation is 1. The van der Waals surface area contributed by atoms with Crippen LogP contribution in [0.25, 0.3) is 0 Å². The largest absolute Gasteiger partial charge is 0.371 e. The van der Waals surface area contributed by atoms with Gasteiger partial charge in [-0.2, -0.15) is 0 Å². The Labute approximate surface area is 172 Å². The molecule has 4 heterocycles. The number of amides is 1. The number of nitrogens with zero attached hydrogens (tertiary/aromatic N) is 5. The maximum atomic E-state index is 11.9. The van der Waals surface area contributed by atoms with Crippen molar-refractivity contribution in [3.05, 3.63) is 35.9 Å². The summed E-state index contributed by atoms with van der Waals surface area (Å²) >= 11 is 0. The minimum Gasteiger partial charge on any atom is -0.371 e. The van der Waals surface area contributed by atoms with Gasteiger partial charge in [0, 0.05) is 56.4 Å². The molecule has 7 nitrogen and oxygen atoms in total. The lowest BCUT2D eigenvalue weighted by molar-refractivity contribution is -0.117. The summed E-state index contributed by atoms with van der Waals surface area (Å²) < 4.78 is 2.30. The van der Waals surface area contributed by atoms with Crippen molar-refractivity contribution < 1.29 is 4.79 Å². The number of anilines is 2. The van der Waals surface area contributed by atoms with E-state index in [0.29, 0.717) is 12.5 Å². The van der Waals surface area contributed by atoms with E-state index in [9.17, 15) is 4.79 Å². The van der Waals surface area contributed by atoms with Gasteiger partial charge in [-0.25, -0.2) is 0 Å². The maximum absolute atomic E-state index is 11.9. The summed E-state index contributed by atoms with van der Waals surface area (Å²) in [4.78, 5) is 16.3. The highest BCUT2D eigenvalue weighted by molar-refractivity contribution is 5.95. The molecule has 0 unspecified atom stereocenters. The fraction of sp³-hybridized carbons (Fsp3) is 0.591. The highest BCUT2D eigenvalue weighted by Crippen LogP contribution is 2.26. The first-order chi connectivity index (χ1) is 14.3. The highest BCUT2D eigenvalue weighted by Gasteiger charge is 2.23. The summed E-state index contributed by atoms with van der Waals surface area (Å²) in [5, 5.41) is 12.5. The number of benzene rings is 1. The molecule has 29 heavy (non-hydrogen) atoms. The van der Waals surface area contributed by atoms with Gasteiger partial charge in [0.25, 0.3) is 0 Å². The molecule has 0 atom stereocenters. The molecular weight excluding hydrogens is 364 g/mol. The molecule has 2 fully saturated rings. The Kier molecular flexibility index (Phi) is 5.23. The SMILES string of the molecule is O=C1CCCN1c1ccc(N2CCC(NCc3nnc4n3CCCC4)CC2)cc1. The Bertz CT molecular complexity index is 853. The summed E-state index contributed by atoms with van der Waals surface area (Å²) in [6, 6.07) is 9.05. The molecule has 1 N–H and O–H groups in total. The van der Waals surface area contributed by atoms with E-state index in [1.165, 1.54) is 18.5 Å². The van der Waals surface area contributed by atoms with Crippen LogP contribution in [0.3, 0.4) is 0 Å². The topological polar surface area (TPSA) is 66.3 Å². The summed E-state index contributed by atoms with van der Waals surface area (Å²) in [6.45, 7) is 4.84. The number of fused-ring (bicyclic) bond motifs is 1. The molecular formula is C22H30N6O. The van der Waals surface area contributed by atoms with Crippen molar-refractivity contribution in [2.45, 2.75) is 64.1 Å². The molecule has 2 saturated heterocycles. The van der Waals surface area contributed by atoms with Gasteiger partial charge in [0.1, 0.15) is 11.6 Å². The number of piperidine rings is 1. The average molecular weight is 395 g/mol. The van der Waals surface area contributed by atoms with Gasteiger partial charge in [0.05, 0.1) is 6.54 Å². The molecule has 1 aromatic carbocycles. The summed E-state index contributed by atoms with van der Waals surface area (Å²) in [5.74, 6) is 2.50. The lowest BCUT2D eigenvalue weighted by atomic mass is 10.0. The van der Waals surface area contributed by atoms with Gasteiger partial charge in [-0.05, 0) is 56.4 Å². The monoisotopic (exact) mass is 394 g/mol. The van der Waals surface area contributed by atoms with E-state index < -0.39 is 0 Å². The van der Waals surface area contributed by atoms with Crippen LogP contribution >= 0.6 is 0 Å². The van der Waals surface area contributed by atoms with Crippen molar-refractivity contribution in [1.82, 2.24) is 20.1 Å². The van der Waals surface area contributed by atoms with Gasteiger partial charge in [-0.15, -0.1) is 10.2 Å². The third kappa shape index (κ3) is 3.88. The number of nitrogens with one attached hydrogen (secondary N) is 1. The third-order valence-corrected chi connectivity index (χ3v) is 6.58. The first-order valence-electron chi connectivity index (χ1n) is 11.1. The molecule has 0 bridgehead atoms. The third-order valence-electron chi connectivity index (χ3n) is 6.58. The first kappa shape index (κ1) is 18.6. The van der Waals surface area contributed by atoms with Crippen molar-refractivity contribution in [2.75, 3.05) is 29.4 Å². The van der Waals surface area contributed by atoms with E-state index in [1.54, 1.807) is 0 Å². The van der Waals surface area contributed by atoms with Crippen LogP contribution in [0.2, 0.25) is 0 Å². The molecule has 0 aliphatic carbocycles. The fourth-order valence-corrected chi connectivity index (χ4v) is 4.84. The Morgan fingerprint density at radius 2 is 1.69 bits per heavy atom. The predicted molar refractivity (Wildman–Crippen MR) is 113 cm³/mol. The molecule has 2 aromatic rings. The molecule has 3 aliphatic rings. The van der Waals surface area contributed by atoms with Gasteiger partial charge in [-0.1, -0.05) is 0 Å². The Hall–Kier alpha value is -2.41. The van der Waals surface area contributed by atoms with Gasteiger partial charge >= 0.3 is 0 Å². The van der Waals surface area contributed by atoms with Crippen LogP contribution in [0.5, 0.6) is 0 Å². The second kappa shape index (κ2) is 8.14. The van der Waals surface area contributed by atoms with Crippen molar-refractivity contribution in [3.8, 4) is 0 Å². The predicted octanol–water partition coefficient (Wildman–Crippen LogP) is 2.50. The van der Waals surface area contributed by atoms with Crippen LogP contribution in [-0.2, 0) is 24.3 Å². The molecule has 7 heteroatoms. The fourth-order valence-electron chi connectivity index (χ4n) is 4.84. The van der Waals surface area contributed by atoms with Crippen LogP contribution in [-0.4, -0.2) is 46.3 Å². The number of carbonyl (C=O) groups excluding carboxylic acids is 1. The lowest BCUT2D eigenvalue weighted by Crippen LogP contribution is -2.42. The average Bonchev–Trinajstić information content (AvgIpc) is 3.39. The molecule has 0 saturated carbocycles. The van der Waals surface area contributed by atoms with Crippen molar-refractivity contribution in [3.63, 3.8) is 0 Å². The van der Waals surface area contributed by atoms with Crippen LogP contribution in [0.15, 0.2) is 24.3 Å². The molecule has 5 rings (SSSR count). The van der Waals surface area contributed by atoms with Crippen molar-refractivity contribution in [1.29, 1.82) is 0 Å². The van der Waals surface area contributed by atoms with E-state index in [2.05, 4.69) is 49.2 Å². The maximum Gasteiger partial charge on any atom is 0.227 e. The minimum absolute atomic E-state index is 0.249. The van der Waals surface area contributed by atoms with E-state index in [4.69, 9.17) is 0 Å². The van der Waals surface area contributed by atoms with Crippen molar-refractivity contribution >= 4 is 17.3 Å². The molecule has 1 aromatic heterocycles. The number of rotatable bonds is 5. The van der Waals surface area contributed by atoms with Crippen LogP contribution < -0.4 is 15.1 Å². The zero-order valence-corrected chi connectivity index (χ0v) is 17.0. The number of aromatic nitrogens is 3. The number of hydrogen-bond donors (Lipinski definition) is 1. The summed E-state index contributed by atoms with van der Waals surface area (Å²) in [7, 11) is 0. The zero-order valence-electron chi connectivity index (χ0n) is 17.0. The van der Waals surface area contributed by atoms with Gasteiger partial charge < -0.3 is 19.7 Å². The Morgan fingerprint density at radius 3 is 2.45 bits per heavy atom. The van der Waals surface area contributed by atoms with E-state index >= 15 is 0 Å². The van der Waals surface area contributed by atoms with Crippen LogP contribution in [0.1, 0.15) is 50.2 Å². The molecule has 0 radical (unpaired) electrons. The lowest BCUT2D eigenvalue weighted by Gasteiger charge is -2.34. The van der Waals surface area contributed by atoms with Gasteiger partial charge in [0.15, 0.2) is 0 Å². The number of carbonyl (C=O) groups is 1. The second-order valence-corrected chi connectivity index (χ2v) is 8.45. The minimum atomic E-state index is 0.249. The van der Waals surface area contributed by atoms with Crippen LogP contribution in [0.4, 0.5) is 11.4 Å². The summed E-state index contributed by atoms with van der Waals surface area (Å²) in [6.07, 6.45) is 7.45. The molecule has 3 aliphatic heterocycles. The van der Waals surface area contributed by atoms with E-state index in [0.717, 1.165) is 75.7 Å². The van der Waals surface area contributed by atoms with E-state index in [-0.39, 0.29) is 5.91 Å². The smallest absolute Gasteiger partial charge is 0.227 e. The van der Waals surface area contributed by atoms with E-state index in [1.807, 2.05) is 4.90 Å². The second-order valence-electron chi connectivity index (χ2n) is 8.45. The Balaban J connectivity index is 1.13. The van der Waals surface area contributed by atoms with Gasteiger partial charge in [-0.3, -0.25) is 4.79 Å². The molecule has 1 amide bonds. The van der Waals surface area contributed by atoms with Crippen LogP contribution in [0, 0.1) is 0 Å². The summed E-state index contributed by atoms with van der Waals surface area (Å²) in [5.41, 5.74) is 2.29.